The molecule has 1 aromatic carbocycles. The largest absolute Gasteiger partial charge is 0.484 e. The standard InChI is InChI=1S/C16H18ClN3O3S/c17-16-19-10-14(24-16)9-18-12-1-3-13(4-2-12)23-11-15(21)20-5-7-22-8-6-20/h1-4,10,18H,5-9,11H2. The zero-order valence-electron chi connectivity index (χ0n) is 13.0. The summed E-state index contributed by atoms with van der Waals surface area (Å²) >= 11 is 7.26. The Kier molecular flexibility index (Phi) is 5.90. The van der Waals surface area contributed by atoms with E-state index < -0.39 is 0 Å². The Morgan fingerprint density at radius 2 is 2.08 bits per heavy atom. The van der Waals surface area contributed by atoms with Crippen LogP contribution in [0.25, 0.3) is 0 Å². The summed E-state index contributed by atoms with van der Waals surface area (Å²) in [7, 11) is 0. The van der Waals surface area contributed by atoms with Crippen molar-refractivity contribution in [1.82, 2.24) is 9.88 Å². The van der Waals surface area contributed by atoms with E-state index in [0.29, 0.717) is 43.1 Å². The minimum atomic E-state index is -0.0115. The first-order chi connectivity index (χ1) is 11.7. The minimum Gasteiger partial charge on any atom is -0.484 e. The van der Waals surface area contributed by atoms with Crippen molar-refractivity contribution in [2.24, 2.45) is 0 Å². The molecule has 1 saturated heterocycles. The van der Waals surface area contributed by atoms with Crippen molar-refractivity contribution in [2.75, 3.05) is 38.2 Å². The molecule has 0 spiro atoms. The predicted octanol–water partition coefficient (Wildman–Crippen LogP) is 2.65. The Bertz CT molecular complexity index is 671. The number of hydrogen-bond acceptors (Lipinski definition) is 6. The van der Waals surface area contributed by atoms with Gasteiger partial charge in [-0.05, 0) is 24.3 Å². The molecule has 0 atom stereocenters. The lowest BCUT2D eigenvalue weighted by Crippen LogP contribution is -2.42. The number of carbonyl (C=O) groups excluding carboxylic acids is 1. The number of thiazole rings is 1. The summed E-state index contributed by atoms with van der Waals surface area (Å²) in [5.41, 5.74) is 0.964. The molecular formula is C16H18ClN3O3S. The van der Waals surface area contributed by atoms with Crippen molar-refractivity contribution in [3.05, 3.63) is 39.8 Å². The van der Waals surface area contributed by atoms with Crippen molar-refractivity contribution in [1.29, 1.82) is 0 Å². The zero-order valence-corrected chi connectivity index (χ0v) is 14.6. The lowest BCUT2D eigenvalue weighted by Gasteiger charge is -2.26. The maximum absolute atomic E-state index is 12.0. The van der Waals surface area contributed by atoms with Crippen molar-refractivity contribution < 1.29 is 14.3 Å². The van der Waals surface area contributed by atoms with Gasteiger partial charge in [0.15, 0.2) is 11.1 Å². The van der Waals surface area contributed by atoms with Gasteiger partial charge in [0.05, 0.1) is 19.8 Å². The third kappa shape index (κ3) is 4.83. The maximum Gasteiger partial charge on any atom is 0.260 e. The number of rotatable bonds is 6. The van der Waals surface area contributed by atoms with Crippen LogP contribution in [0.1, 0.15) is 4.88 Å². The molecular weight excluding hydrogens is 350 g/mol. The van der Waals surface area contributed by atoms with E-state index in [1.54, 1.807) is 11.1 Å². The summed E-state index contributed by atoms with van der Waals surface area (Å²) in [6.45, 7) is 3.17. The Hall–Kier alpha value is -1.83. The monoisotopic (exact) mass is 367 g/mol. The summed E-state index contributed by atoms with van der Waals surface area (Å²) < 4.78 is 11.3. The molecule has 0 radical (unpaired) electrons. The minimum absolute atomic E-state index is 0.0115. The average Bonchev–Trinajstić information content (AvgIpc) is 3.05. The second-order valence-electron chi connectivity index (χ2n) is 5.24. The first-order valence-corrected chi connectivity index (χ1v) is 8.82. The first kappa shape index (κ1) is 17.0. The van der Waals surface area contributed by atoms with Gasteiger partial charge in [0.2, 0.25) is 0 Å². The molecule has 2 heterocycles. The van der Waals surface area contributed by atoms with E-state index >= 15 is 0 Å². The van der Waals surface area contributed by atoms with E-state index in [1.165, 1.54) is 11.3 Å². The predicted molar refractivity (Wildman–Crippen MR) is 93.8 cm³/mol. The van der Waals surface area contributed by atoms with Crippen molar-refractivity contribution in [3.63, 3.8) is 0 Å². The number of amides is 1. The molecule has 8 heteroatoms. The van der Waals surface area contributed by atoms with Gasteiger partial charge in [-0.3, -0.25) is 4.79 Å². The summed E-state index contributed by atoms with van der Waals surface area (Å²) in [6, 6.07) is 7.51. The van der Waals surface area contributed by atoms with Crippen LogP contribution < -0.4 is 10.1 Å². The van der Waals surface area contributed by atoms with Crippen LogP contribution in [0.5, 0.6) is 5.75 Å². The smallest absolute Gasteiger partial charge is 0.260 e. The topological polar surface area (TPSA) is 63.7 Å². The maximum atomic E-state index is 12.0. The number of morpholine rings is 1. The number of anilines is 1. The third-order valence-electron chi connectivity index (χ3n) is 3.57. The van der Waals surface area contributed by atoms with Gasteiger partial charge in [-0.15, -0.1) is 11.3 Å². The van der Waals surface area contributed by atoms with Gasteiger partial charge in [0.1, 0.15) is 5.75 Å². The first-order valence-electron chi connectivity index (χ1n) is 7.63. The molecule has 0 saturated carbocycles. The molecule has 0 bridgehead atoms. The average molecular weight is 368 g/mol. The number of nitrogens with one attached hydrogen (secondary N) is 1. The molecule has 6 nitrogen and oxygen atoms in total. The Labute approximate surface area is 149 Å². The van der Waals surface area contributed by atoms with Crippen LogP contribution >= 0.6 is 22.9 Å². The van der Waals surface area contributed by atoms with Crippen LogP contribution in [0.15, 0.2) is 30.5 Å². The molecule has 1 amide bonds. The molecule has 24 heavy (non-hydrogen) atoms. The van der Waals surface area contributed by atoms with E-state index in [2.05, 4.69) is 10.3 Å². The second kappa shape index (κ2) is 8.32. The van der Waals surface area contributed by atoms with E-state index in [1.807, 2.05) is 24.3 Å². The van der Waals surface area contributed by atoms with E-state index in [0.717, 1.165) is 10.6 Å². The molecule has 0 aliphatic carbocycles. The number of benzene rings is 1. The van der Waals surface area contributed by atoms with E-state index in [9.17, 15) is 4.79 Å². The number of halogens is 1. The molecule has 1 aromatic heterocycles. The molecule has 0 unspecified atom stereocenters. The fourth-order valence-corrected chi connectivity index (χ4v) is 3.19. The summed E-state index contributed by atoms with van der Waals surface area (Å²) in [5, 5.41) is 3.29. The summed E-state index contributed by atoms with van der Waals surface area (Å²) in [6.07, 6.45) is 1.76. The van der Waals surface area contributed by atoms with Crippen LogP contribution in [0.2, 0.25) is 4.47 Å². The highest BCUT2D eigenvalue weighted by Crippen LogP contribution is 2.20. The van der Waals surface area contributed by atoms with Gasteiger partial charge in [0.25, 0.3) is 5.91 Å². The van der Waals surface area contributed by atoms with Crippen LogP contribution in [0.3, 0.4) is 0 Å². The highest BCUT2D eigenvalue weighted by atomic mass is 35.5. The van der Waals surface area contributed by atoms with Gasteiger partial charge < -0.3 is 19.7 Å². The Morgan fingerprint density at radius 1 is 1.33 bits per heavy atom. The van der Waals surface area contributed by atoms with Crippen LogP contribution in [-0.2, 0) is 16.1 Å². The normalized spacial score (nSPS) is 14.5. The van der Waals surface area contributed by atoms with Gasteiger partial charge in [0, 0.05) is 29.9 Å². The molecule has 1 fully saturated rings. The number of ether oxygens (including phenoxy) is 2. The molecule has 2 aromatic rings. The zero-order chi connectivity index (χ0) is 16.8. The summed E-state index contributed by atoms with van der Waals surface area (Å²) in [4.78, 5) is 18.8. The van der Waals surface area contributed by atoms with Crippen molar-refractivity contribution in [2.45, 2.75) is 6.54 Å². The summed E-state index contributed by atoms with van der Waals surface area (Å²) in [5.74, 6) is 0.658. The van der Waals surface area contributed by atoms with E-state index in [-0.39, 0.29) is 12.5 Å². The number of nitrogens with zero attached hydrogens (tertiary/aromatic N) is 2. The lowest BCUT2D eigenvalue weighted by molar-refractivity contribution is -0.137. The number of carbonyl (C=O) groups is 1. The Morgan fingerprint density at radius 3 is 2.75 bits per heavy atom. The van der Waals surface area contributed by atoms with Gasteiger partial charge >= 0.3 is 0 Å². The van der Waals surface area contributed by atoms with Crippen LogP contribution in [0, 0.1) is 0 Å². The van der Waals surface area contributed by atoms with Gasteiger partial charge in [-0.1, -0.05) is 11.6 Å². The highest BCUT2D eigenvalue weighted by molar-refractivity contribution is 7.15. The molecule has 1 aliphatic rings. The fourth-order valence-electron chi connectivity index (χ4n) is 2.27. The second-order valence-corrected chi connectivity index (χ2v) is 6.94. The van der Waals surface area contributed by atoms with Gasteiger partial charge in [-0.2, -0.15) is 0 Å². The highest BCUT2D eigenvalue weighted by Gasteiger charge is 2.17. The Balaban J connectivity index is 1.44. The van der Waals surface area contributed by atoms with Crippen LogP contribution in [-0.4, -0.2) is 48.7 Å². The SMILES string of the molecule is O=C(COc1ccc(NCc2cnc(Cl)s2)cc1)N1CCOCC1. The third-order valence-corrected chi connectivity index (χ3v) is 4.69. The van der Waals surface area contributed by atoms with Crippen molar-refractivity contribution >= 4 is 34.5 Å². The van der Waals surface area contributed by atoms with Crippen LogP contribution in [0.4, 0.5) is 5.69 Å². The fraction of sp³-hybridized carbons (Fsp3) is 0.375. The molecule has 1 N–H and O–H groups in total. The van der Waals surface area contributed by atoms with Gasteiger partial charge in [-0.25, -0.2) is 4.98 Å². The molecule has 128 valence electrons. The number of aromatic nitrogens is 1. The molecule has 1 aliphatic heterocycles. The van der Waals surface area contributed by atoms with E-state index in [4.69, 9.17) is 21.1 Å². The number of hydrogen-bond donors (Lipinski definition) is 1. The quantitative estimate of drug-likeness (QED) is 0.850. The van der Waals surface area contributed by atoms with Crippen molar-refractivity contribution in [3.8, 4) is 5.75 Å². The molecule has 3 rings (SSSR count). The lowest BCUT2D eigenvalue weighted by atomic mass is 10.3.